The monoisotopic (exact) mass is 624 g/mol. The van der Waals surface area contributed by atoms with Gasteiger partial charge in [-0.3, -0.25) is 4.40 Å². The summed E-state index contributed by atoms with van der Waals surface area (Å²) in [6.45, 7) is 0. The highest BCUT2D eigenvalue weighted by atomic mass is 79.9. The largest absolute Gasteiger partial charge is 0.382 e. The fraction of sp³-hybridized carbons (Fsp3) is 0.0714. The van der Waals surface area contributed by atoms with E-state index in [0.29, 0.717) is 11.3 Å². The molecule has 5 nitrogen and oxygen atoms in total. The molecule has 6 aromatic rings. The van der Waals surface area contributed by atoms with Crippen molar-refractivity contribution in [3.05, 3.63) is 141 Å². The van der Waals surface area contributed by atoms with Gasteiger partial charge >= 0.3 is 0 Å². The van der Waals surface area contributed by atoms with Crippen LogP contribution in [0.1, 0.15) is 28.6 Å². The molecule has 4 aromatic heterocycles. The molecular weight excluding hydrogens is 606 g/mol. The summed E-state index contributed by atoms with van der Waals surface area (Å²) in [4.78, 5) is 8.57. The molecule has 1 atom stereocenters. The van der Waals surface area contributed by atoms with Crippen molar-refractivity contribution in [3.63, 3.8) is 0 Å². The molecule has 0 saturated heterocycles. The zero-order chi connectivity index (χ0) is 25.9. The minimum absolute atomic E-state index is 0.209. The molecule has 0 aliphatic carbocycles. The number of aliphatic hydroxyl groups excluding tert-OH is 1. The molecule has 0 radical (unpaired) electrons. The molecule has 0 aliphatic rings. The van der Waals surface area contributed by atoms with Crippen LogP contribution in [0.15, 0.2) is 107 Å². The molecule has 0 amide bonds. The Morgan fingerprint density at radius 1 is 0.703 bits per heavy atom. The van der Waals surface area contributed by atoms with Gasteiger partial charge < -0.3 is 9.51 Å². The van der Waals surface area contributed by atoms with Crippen molar-refractivity contribution in [1.29, 1.82) is 0 Å². The quantitative estimate of drug-likeness (QED) is 0.226. The first-order chi connectivity index (χ1) is 17.9. The minimum atomic E-state index is -0.843. The van der Waals surface area contributed by atoms with Crippen molar-refractivity contribution in [2.24, 2.45) is 0 Å². The number of halogens is 4. The first-order valence-corrected chi connectivity index (χ1v) is 12.9. The molecular formula is C28H20Br2F2N4O. The first kappa shape index (κ1) is 25.3. The molecule has 1 unspecified atom stereocenters. The Kier molecular flexibility index (Phi) is 7.45. The number of pyridine rings is 2. The molecule has 2 aromatic carbocycles. The lowest BCUT2D eigenvalue weighted by atomic mass is 10.1. The summed E-state index contributed by atoms with van der Waals surface area (Å²) < 4.78 is 31.5. The highest BCUT2D eigenvalue weighted by Gasteiger charge is 2.15. The average molecular weight is 626 g/mol. The summed E-state index contributed by atoms with van der Waals surface area (Å²) in [6, 6.07) is 20.0. The van der Waals surface area contributed by atoms with Crippen molar-refractivity contribution >= 4 is 43.2 Å². The highest BCUT2D eigenvalue weighted by Crippen LogP contribution is 2.24. The lowest BCUT2D eigenvalue weighted by molar-refractivity contribution is 0.214. The number of imidazole rings is 2. The number of aromatic nitrogens is 4. The van der Waals surface area contributed by atoms with Crippen LogP contribution in [0.4, 0.5) is 8.78 Å². The van der Waals surface area contributed by atoms with Crippen LogP contribution in [0.25, 0.3) is 11.3 Å². The second kappa shape index (κ2) is 10.9. The molecule has 0 saturated carbocycles. The van der Waals surface area contributed by atoms with Gasteiger partial charge in [0.05, 0.1) is 11.9 Å². The Hall–Kier alpha value is -3.40. The summed E-state index contributed by atoms with van der Waals surface area (Å²) in [5.74, 6) is -0.531. The van der Waals surface area contributed by atoms with E-state index in [1.165, 1.54) is 24.3 Å². The van der Waals surface area contributed by atoms with Crippen molar-refractivity contribution in [3.8, 4) is 0 Å². The third-order valence-corrected chi connectivity index (χ3v) is 6.75. The number of fused-ring (bicyclic) bond motifs is 2. The first-order valence-electron chi connectivity index (χ1n) is 11.3. The van der Waals surface area contributed by atoms with Gasteiger partial charge in [-0.25, -0.2) is 18.7 Å². The molecule has 0 fully saturated rings. The van der Waals surface area contributed by atoms with E-state index >= 15 is 0 Å². The number of benzene rings is 2. The van der Waals surface area contributed by atoms with Gasteiger partial charge in [-0.2, -0.15) is 0 Å². The van der Waals surface area contributed by atoms with Crippen LogP contribution in [0, 0.1) is 11.6 Å². The Labute approximate surface area is 228 Å². The number of hydrogen-bond donors (Lipinski definition) is 1. The molecule has 4 heterocycles. The van der Waals surface area contributed by atoms with Crippen LogP contribution in [0.2, 0.25) is 0 Å². The Balaban J connectivity index is 0.000000152. The molecule has 0 bridgehead atoms. The predicted molar refractivity (Wildman–Crippen MR) is 145 cm³/mol. The highest BCUT2D eigenvalue weighted by molar-refractivity contribution is 9.10. The molecule has 0 aliphatic heterocycles. The maximum Gasteiger partial charge on any atom is 0.137 e. The van der Waals surface area contributed by atoms with E-state index in [1.807, 2.05) is 47.3 Å². The maximum atomic E-state index is 12.9. The topological polar surface area (TPSA) is 54.8 Å². The van der Waals surface area contributed by atoms with Crippen molar-refractivity contribution < 1.29 is 13.9 Å². The smallest absolute Gasteiger partial charge is 0.137 e. The molecule has 6 rings (SSSR count). The van der Waals surface area contributed by atoms with Crippen molar-refractivity contribution in [2.75, 3.05) is 0 Å². The lowest BCUT2D eigenvalue weighted by Crippen LogP contribution is -2.03. The van der Waals surface area contributed by atoms with E-state index in [0.717, 1.165) is 37.9 Å². The average Bonchev–Trinajstić information content (AvgIpc) is 3.49. The van der Waals surface area contributed by atoms with E-state index in [1.54, 1.807) is 34.9 Å². The van der Waals surface area contributed by atoms with E-state index < -0.39 is 6.10 Å². The second-order valence-electron chi connectivity index (χ2n) is 8.34. The summed E-state index contributed by atoms with van der Waals surface area (Å²) in [7, 11) is 0. The fourth-order valence-corrected chi connectivity index (χ4v) is 4.61. The fourth-order valence-electron chi connectivity index (χ4n) is 3.94. The third-order valence-electron chi connectivity index (χ3n) is 5.81. The van der Waals surface area contributed by atoms with Gasteiger partial charge in [0.2, 0.25) is 0 Å². The van der Waals surface area contributed by atoms with Gasteiger partial charge in [0, 0.05) is 39.7 Å². The predicted octanol–water partition coefficient (Wildman–Crippen LogP) is 7.14. The summed E-state index contributed by atoms with van der Waals surface area (Å²) in [6.07, 6.45) is 7.19. The van der Waals surface area contributed by atoms with Crippen molar-refractivity contribution in [2.45, 2.75) is 12.5 Å². The minimum Gasteiger partial charge on any atom is -0.382 e. The number of aliphatic hydroxyl groups is 1. The third kappa shape index (κ3) is 5.79. The lowest BCUT2D eigenvalue weighted by Gasteiger charge is -2.11. The van der Waals surface area contributed by atoms with Gasteiger partial charge in [0.25, 0.3) is 0 Å². The maximum absolute atomic E-state index is 12.9. The Morgan fingerprint density at radius 2 is 1.24 bits per heavy atom. The van der Waals surface area contributed by atoms with E-state index in [-0.39, 0.29) is 11.6 Å². The van der Waals surface area contributed by atoms with Crippen LogP contribution < -0.4 is 0 Å². The van der Waals surface area contributed by atoms with Crippen LogP contribution in [0.5, 0.6) is 0 Å². The summed E-state index contributed by atoms with van der Waals surface area (Å²) in [5, 5.41) is 10.4. The molecule has 186 valence electrons. The Bertz CT molecular complexity index is 1660. The number of nitrogens with zero attached hydrogens (tertiary/aromatic N) is 4. The molecule has 9 heteroatoms. The van der Waals surface area contributed by atoms with E-state index in [9.17, 15) is 13.9 Å². The van der Waals surface area contributed by atoms with Crippen LogP contribution in [-0.2, 0) is 6.42 Å². The van der Waals surface area contributed by atoms with Gasteiger partial charge in [0.15, 0.2) is 0 Å². The van der Waals surface area contributed by atoms with Crippen molar-refractivity contribution in [1.82, 2.24) is 18.8 Å². The molecule has 37 heavy (non-hydrogen) atoms. The van der Waals surface area contributed by atoms with Crippen LogP contribution >= 0.6 is 31.9 Å². The normalized spacial score (nSPS) is 11.9. The zero-order valence-electron chi connectivity index (χ0n) is 19.3. The van der Waals surface area contributed by atoms with Crippen LogP contribution in [-0.4, -0.2) is 23.9 Å². The molecule has 1 N–H and O–H groups in total. The van der Waals surface area contributed by atoms with Gasteiger partial charge in [0.1, 0.15) is 29.0 Å². The van der Waals surface area contributed by atoms with Gasteiger partial charge in [-0.15, -0.1) is 0 Å². The molecule has 0 spiro atoms. The standard InChI is InChI=1S/C14H10BrFN2O.C14H10BrFN2/c15-10-3-6-13-17-7-12(18(13)8-10)14(19)9-1-4-11(16)5-2-9;15-11-3-6-14-17-8-13(18(14)9-11)7-10-1-4-12(16)5-2-10/h1-8,14,19H;1-6,8-9H,7H2. The zero-order valence-corrected chi connectivity index (χ0v) is 22.4. The summed E-state index contributed by atoms with van der Waals surface area (Å²) >= 11 is 6.83. The summed E-state index contributed by atoms with van der Waals surface area (Å²) in [5.41, 5.74) is 5.08. The number of hydrogen-bond acceptors (Lipinski definition) is 3. The van der Waals surface area contributed by atoms with Gasteiger partial charge in [-0.1, -0.05) is 24.3 Å². The number of rotatable bonds is 4. The van der Waals surface area contributed by atoms with Crippen LogP contribution in [0.3, 0.4) is 0 Å². The Morgan fingerprint density at radius 3 is 1.89 bits per heavy atom. The van der Waals surface area contributed by atoms with E-state index in [2.05, 4.69) is 41.8 Å². The second-order valence-corrected chi connectivity index (χ2v) is 10.2. The van der Waals surface area contributed by atoms with E-state index in [4.69, 9.17) is 0 Å². The SMILES string of the molecule is Fc1ccc(Cc2cnc3ccc(Br)cn23)cc1.OC(c1ccc(F)cc1)c1cnc2ccc(Br)cn12. The van der Waals surface area contributed by atoms with Gasteiger partial charge in [-0.05, 0) is 91.5 Å².